The van der Waals surface area contributed by atoms with Crippen LogP contribution in [0.3, 0.4) is 0 Å². The zero-order valence-corrected chi connectivity index (χ0v) is 9.32. The highest BCUT2D eigenvalue weighted by Gasteiger charge is 2.12. The van der Waals surface area contributed by atoms with E-state index in [0.29, 0.717) is 0 Å². The molecule has 88 valence electrons. The highest BCUT2D eigenvalue weighted by molar-refractivity contribution is 5.47. The van der Waals surface area contributed by atoms with E-state index < -0.39 is 11.6 Å². The number of anilines is 1. The molecule has 1 heterocycles. The van der Waals surface area contributed by atoms with Crippen molar-refractivity contribution in [1.29, 1.82) is 0 Å². The molecule has 1 N–H and O–H groups in total. The number of pyridine rings is 1. The maximum atomic E-state index is 13.4. The number of rotatable bonds is 3. The van der Waals surface area contributed by atoms with Crippen LogP contribution in [-0.2, 0) is 0 Å². The minimum absolute atomic E-state index is 0.100. The van der Waals surface area contributed by atoms with Crippen LogP contribution in [0.1, 0.15) is 18.5 Å². The lowest BCUT2D eigenvalue weighted by atomic mass is 10.1. The maximum Gasteiger partial charge on any atom is 0.149 e. The zero-order valence-electron chi connectivity index (χ0n) is 9.32. The molecule has 2 rings (SSSR count). The van der Waals surface area contributed by atoms with Crippen molar-refractivity contribution >= 4 is 5.69 Å². The zero-order chi connectivity index (χ0) is 12.3. The van der Waals surface area contributed by atoms with Crippen LogP contribution < -0.4 is 5.32 Å². The topological polar surface area (TPSA) is 24.9 Å². The van der Waals surface area contributed by atoms with Crippen molar-refractivity contribution in [3.05, 3.63) is 59.9 Å². The molecular formula is C13H12F2N2. The average Bonchev–Trinajstić information content (AvgIpc) is 2.35. The van der Waals surface area contributed by atoms with Gasteiger partial charge in [0.15, 0.2) is 0 Å². The van der Waals surface area contributed by atoms with Gasteiger partial charge < -0.3 is 5.32 Å². The minimum Gasteiger partial charge on any atom is -0.374 e. The van der Waals surface area contributed by atoms with Gasteiger partial charge in [-0.15, -0.1) is 0 Å². The van der Waals surface area contributed by atoms with E-state index in [0.717, 1.165) is 5.56 Å². The van der Waals surface area contributed by atoms with E-state index in [-0.39, 0.29) is 11.7 Å². The van der Waals surface area contributed by atoms with Gasteiger partial charge in [-0.05, 0) is 36.8 Å². The Morgan fingerprint density at radius 1 is 1.06 bits per heavy atom. The highest BCUT2D eigenvalue weighted by atomic mass is 19.1. The van der Waals surface area contributed by atoms with Gasteiger partial charge in [0.2, 0.25) is 0 Å². The second kappa shape index (κ2) is 4.91. The van der Waals surface area contributed by atoms with E-state index in [1.807, 2.05) is 6.92 Å². The van der Waals surface area contributed by atoms with Crippen LogP contribution in [0, 0.1) is 11.6 Å². The molecule has 0 saturated heterocycles. The predicted octanol–water partition coefficient (Wildman–Crippen LogP) is 3.53. The number of para-hydroxylation sites is 1. The molecule has 1 atom stereocenters. The van der Waals surface area contributed by atoms with Gasteiger partial charge in [0.05, 0.1) is 0 Å². The Kier molecular flexibility index (Phi) is 3.32. The van der Waals surface area contributed by atoms with Gasteiger partial charge in [0, 0.05) is 18.4 Å². The molecule has 4 heteroatoms. The number of hydrogen-bond donors (Lipinski definition) is 1. The Bertz CT molecular complexity index is 480. The normalized spacial score (nSPS) is 12.2. The van der Waals surface area contributed by atoms with Crippen molar-refractivity contribution in [3.63, 3.8) is 0 Å². The Balaban J connectivity index is 2.22. The number of nitrogens with one attached hydrogen (secondary N) is 1. The van der Waals surface area contributed by atoms with E-state index in [4.69, 9.17) is 0 Å². The summed E-state index contributed by atoms with van der Waals surface area (Å²) in [6.45, 7) is 1.83. The van der Waals surface area contributed by atoms with Crippen LogP contribution in [-0.4, -0.2) is 4.98 Å². The van der Waals surface area contributed by atoms with E-state index in [1.54, 1.807) is 24.5 Å². The van der Waals surface area contributed by atoms with Crippen molar-refractivity contribution in [2.24, 2.45) is 0 Å². The van der Waals surface area contributed by atoms with E-state index in [2.05, 4.69) is 10.3 Å². The molecule has 1 aromatic heterocycles. The number of aromatic nitrogens is 1. The van der Waals surface area contributed by atoms with E-state index in [9.17, 15) is 8.78 Å². The fraction of sp³-hybridized carbons (Fsp3) is 0.154. The molecule has 1 aromatic carbocycles. The lowest BCUT2D eigenvalue weighted by Gasteiger charge is -2.16. The van der Waals surface area contributed by atoms with Gasteiger partial charge in [0.1, 0.15) is 17.3 Å². The number of hydrogen-bond acceptors (Lipinski definition) is 2. The molecule has 0 spiro atoms. The molecule has 0 radical (unpaired) electrons. The number of benzene rings is 1. The van der Waals surface area contributed by atoms with Crippen LogP contribution in [0.2, 0.25) is 0 Å². The van der Waals surface area contributed by atoms with Crippen molar-refractivity contribution in [2.45, 2.75) is 13.0 Å². The van der Waals surface area contributed by atoms with Crippen molar-refractivity contribution in [3.8, 4) is 0 Å². The molecule has 0 saturated carbocycles. The molecule has 0 aliphatic heterocycles. The van der Waals surface area contributed by atoms with Crippen molar-refractivity contribution in [1.82, 2.24) is 4.98 Å². The third kappa shape index (κ3) is 2.58. The molecule has 0 bridgehead atoms. The molecule has 0 fully saturated rings. The number of nitrogens with zero attached hydrogens (tertiary/aromatic N) is 1. The molecule has 0 amide bonds. The second-order valence-electron chi connectivity index (χ2n) is 3.74. The van der Waals surface area contributed by atoms with Crippen LogP contribution in [0.5, 0.6) is 0 Å². The largest absolute Gasteiger partial charge is 0.374 e. The van der Waals surface area contributed by atoms with E-state index >= 15 is 0 Å². The summed E-state index contributed by atoms with van der Waals surface area (Å²) in [7, 11) is 0. The standard InChI is InChI=1S/C13H12F2N2/c1-9(10-5-7-16-8-6-10)17-13-11(14)3-2-4-12(13)15/h2-9,17H,1H3. The predicted molar refractivity (Wildman–Crippen MR) is 62.6 cm³/mol. The smallest absolute Gasteiger partial charge is 0.149 e. The summed E-state index contributed by atoms with van der Waals surface area (Å²) in [4.78, 5) is 3.89. The van der Waals surface area contributed by atoms with Crippen LogP contribution >= 0.6 is 0 Å². The first kappa shape index (κ1) is 11.5. The summed E-state index contributed by atoms with van der Waals surface area (Å²) < 4.78 is 26.8. The monoisotopic (exact) mass is 234 g/mol. The molecular weight excluding hydrogens is 222 g/mol. The lowest BCUT2D eigenvalue weighted by Crippen LogP contribution is -2.09. The van der Waals surface area contributed by atoms with E-state index in [1.165, 1.54) is 18.2 Å². The summed E-state index contributed by atoms with van der Waals surface area (Å²) in [6.07, 6.45) is 3.29. The average molecular weight is 234 g/mol. The molecule has 17 heavy (non-hydrogen) atoms. The van der Waals surface area contributed by atoms with Crippen molar-refractivity contribution < 1.29 is 8.78 Å². The van der Waals surface area contributed by atoms with Crippen LogP contribution in [0.25, 0.3) is 0 Å². The fourth-order valence-corrected chi connectivity index (χ4v) is 1.59. The Hall–Kier alpha value is -1.97. The SMILES string of the molecule is CC(Nc1c(F)cccc1F)c1ccncc1. The summed E-state index contributed by atoms with van der Waals surface area (Å²) in [5.41, 5.74) is 0.819. The summed E-state index contributed by atoms with van der Waals surface area (Å²) in [5, 5.41) is 2.82. The molecule has 2 aromatic rings. The van der Waals surface area contributed by atoms with Crippen molar-refractivity contribution in [2.75, 3.05) is 5.32 Å². The summed E-state index contributed by atoms with van der Waals surface area (Å²) in [5.74, 6) is -1.18. The van der Waals surface area contributed by atoms with Gasteiger partial charge >= 0.3 is 0 Å². The van der Waals surface area contributed by atoms with Crippen LogP contribution in [0.15, 0.2) is 42.7 Å². The molecule has 0 aliphatic carbocycles. The molecule has 1 unspecified atom stereocenters. The quantitative estimate of drug-likeness (QED) is 0.878. The Morgan fingerprint density at radius 3 is 2.24 bits per heavy atom. The third-order valence-electron chi connectivity index (χ3n) is 2.53. The first-order valence-corrected chi connectivity index (χ1v) is 5.29. The fourth-order valence-electron chi connectivity index (χ4n) is 1.59. The third-order valence-corrected chi connectivity index (χ3v) is 2.53. The minimum atomic E-state index is -0.592. The first-order valence-electron chi connectivity index (χ1n) is 5.29. The first-order chi connectivity index (χ1) is 8.18. The lowest BCUT2D eigenvalue weighted by molar-refractivity contribution is 0.584. The molecule has 2 nitrogen and oxygen atoms in total. The van der Waals surface area contributed by atoms with Gasteiger partial charge in [-0.1, -0.05) is 6.07 Å². The highest BCUT2D eigenvalue weighted by Crippen LogP contribution is 2.23. The molecule has 0 aliphatic rings. The summed E-state index contributed by atoms with van der Waals surface area (Å²) >= 11 is 0. The summed E-state index contributed by atoms with van der Waals surface area (Å²) in [6, 6.07) is 7.21. The van der Waals surface area contributed by atoms with Gasteiger partial charge in [0.25, 0.3) is 0 Å². The number of halogens is 2. The van der Waals surface area contributed by atoms with Crippen LogP contribution in [0.4, 0.5) is 14.5 Å². The van der Waals surface area contributed by atoms with Gasteiger partial charge in [-0.25, -0.2) is 8.78 Å². The van der Waals surface area contributed by atoms with Gasteiger partial charge in [-0.2, -0.15) is 0 Å². The maximum absolute atomic E-state index is 13.4. The Labute approximate surface area is 98.3 Å². The Morgan fingerprint density at radius 2 is 1.65 bits per heavy atom. The second-order valence-corrected chi connectivity index (χ2v) is 3.74. The van der Waals surface area contributed by atoms with Gasteiger partial charge in [-0.3, -0.25) is 4.98 Å².